The van der Waals surface area contributed by atoms with Crippen molar-refractivity contribution in [2.24, 2.45) is 5.92 Å². The van der Waals surface area contributed by atoms with Gasteiger partial charge in [-0.15, -0.1) is 5.10 Å². The van der Waals surface area contributed by atoms with E-state index in [-0.39, 0.29) is 0 Å². The van der Waals surface area contributed by atoms with Gasteiger partial charge in [0.25, 0.3) is 0 Å². The number of hydrogen-bond acceptors (Lipinski definition) is 4. The molecular formula is C26H35N5. The van der Waals surface area contributed by atoms with E-state index >= 15 is 0 Å². The molecule has 0 unspecified atom stereocenters. The Morgan fingerprint density at radius 3 is 2.45 bits per heavy atom. The number of aryl methyl sites for hydroxylation is 1. The van der Waals surface area contributed by atoms with Crippen molar-refractivity contribution in [3.8, 4) is 5.69 Å². The molecule has 0 bridgehead atoms. The van der Waals surface area contributed by atoms with Crippen molar-refractivity contribution in [1.82, 2.24) is 24.8 Å². The summed E-state index contributed by atoms with van der Waals surface area (Å²) < 4.78 is 2.00. The van der Waals surface area contributed by atoms with Gasteiger partial charge in [0.1, 0.15) is 5.52 Å². The minimum Gasteiger partial charge on any atom is -0.300 e. The largest absolute Gasteiger partial charge is 0.300 e. The monoisotopic (exact) mass is 417 g/mol. The van der Waals surface area contributed by atoms with Gasteiger partial charge in [-0.05, 0) is 107 Å². The highest BCUT2D eigenvalue weighted by atomic mass is 15.4. The number of aromatic nitrogens is 3. The quantitative estimate of drug-likeness (QED) is 0.615. The Labute approximate surface area is 186 Å². The maximum Gasteiger partial charge on any atom is 0.113 e. The van der Waals surface area contributed by atoms with E-state index in [0.29, 0.717) is 0 Å². The molecule has 31 heavy (non-hydrogen) atoms. The van der Waals surface area contributed by atoms with Gasteiger partial charge in [-0.3, -0.25) is 4.90 Å². The molecule has 0 spiro atoms. The Morgan fingerprint density at radius 1 is 0.935 bits per heavy atom. The molecule has 2 fully saturated rings. The zero-order valence-corrected chi connectivity index (χ0v) is 19.2. The van der Waals surface area contributed by atoms with Gasteiger partial charge in [0.15, 0.2) is 0 Å². The van der Waals surface area contributed by atoms with E-state index in [4.69, 9.17) is 0 Å². The first-order valence-corrected chi connectivity index (χ1v) is 12.0. The summed E-state index contributed by atoms with van der Waals surface area (Å²) >= 11 is 0. The lowest BCUT2D eigenvalue weighted by Crippen LogP contribution is -2.47. The second kappa shape index (κ2) is 8.71. The molecule has 0 atom stereocenters. The maximum atomic E-state index is 4.47. The molecule has 2 aliphatic rings. The van der Waals surface area contributed by atoms with E-state index in [0.717, 1.165) is 35.2 Å². The molecule has 0 radical (unpaired) electrons. The number of nitrogens with zero attached hydrogens (tertiary/aromatic N) is 5. The number of likely N-dealkylation sites (tertiary alicyclic amines) is 2. The summed E-state index contributed by atoms with van der Waals surface area (Å²) in [4.78, 5) is 5.41. The van der Waals surface area contributed by atoms with Crippen molar-refractivity contribution >= 4 is 11.0 Å². The molecule has 2 aliphatic heterocycles. The zero-order valence-electron chi connectivity index (χ0n) is 19.2. The fraction of sp³-hybridized carbons (Fsp3) is 0.538. The van der Waals surface area contributed by atoms with Crippen molar-refractivity contribution in [2.45, 2.75) is 59.0 Å². The summed E-state index contributed by atoms with van der Waals surface area (Å²) in [6.07, 6.45) is 5.37. The summed E-state index contributed by atoms with van der Waals surface area (Å²) in [6, 6.07) is 13.6. The van der Waals surface area contributed by atoms with Gasteiger partial charge < -0.3 is 4.90 Å². The van der Waals surface area contributed by atoms with Crippen molar-refractivity contribution in [3.05, 3.63) is 53.1 Å². The molecular weight excluding hydrogens is 382 g/mol. The lowest BCUT2D eigenvalue weighted by atomic mass is 9.94. The first kappa shape index (κ1) is 20.7. The molecule has 1 aromatic heterocycles. The van der Waals surface area contributed by atoms with Crippen molar-refractivity contribution in [3.63, 3.8) is 0 Å². The highest BCUT2D eigenvalue weighted by molar-refractivity contribution is 5.76. The molecule has 3 aromatic rings. The van der Waals surface area contributed by atoms with Gasteiger partial charge in [0.2, 0.25) is 0 Å². The second-order valence-electron chi connectivity index (χ2n) is 9.78. The van der Waals surface area contributed by atoms with Gasteiger partial charge >= 0.3 is 0 Å². The van der Waals surface area contributed by atoms with Gasteiger partial charge in [-0.2, -0.15) is 0 Å². The maximum absolute atomic E-state index is 4.47. The first-order chi connectivity index (χ1) is 15.1. The Hall–Kier alpha value is -2.24. The predicted molar refractivity (Wildman–Crippen MR) is 127 cm³/mol. The molecule has 0 saturated carbocycles. The van der Waals surface area contributed by atoms with Crippen LogP contribution in [-0.4, -0.2) is 57.0 Å². The highest BCUT2D eigenvalue weighted by Crippen LogP contribution is 2.27. The number of fused-ring (bicyclic) bond motifs is 1. The summed E-state index contributed by atoms with van der Waals surface area (Å²) in [6.45, 7) is 12.9. The predicted octanol–water partition coefficient (Wildman–Crippen LogP) is 4.73. The van der Waals surface area contributed by atoms with Crippen molar-refractivity contribution in [1.29, 1.82) is 0 Å². The van der Waals surface area contributed by atoms with E-state index < -0.39 is 0 Å². The molecule has 164 valence electrons. The Kier molecular flexibility index (Phi) is 5.81. The van der Waals surface area contributed by atoms with E-state index in [1.54, 1.807) is 0 Å². The molecule has 0 N–H and O–H groups in total. The summed E-state index contributed by atoms with van der Waals surface area (Å²) in [5.74, 6) is 0.914. The first-order valence-electron chi connectivity index (χ1n) is 12.0. The summed E-state index contributed by atoms with van der Waals surface area (Å²) in [5, 5.41) is 8.84. The molecule has 5 heteroatoms. The molecule has 2 aromatic carbocycles. The molecule has 5 rings (SSSR count). The average Bonchev–Trinajstić information content (AvgIpc) is 3.21. The van der Waals surface area contributed by atoms with Crippen LogP contribution in [0.25, 0.3) is 16.7 Å². The van der Waals surface area contributed by atoms with Crippen molar-refractivity contribution in [2.75, 3.05) is 26.2 Å². The summed E-state index contributed by atoms with van der Waals surface area (Å²) in [5.41, 5.74) is 7.18. The number of rotatable bonds is 4. The topological polar surface area (TPSA) is 37.2 Å². The van der Waals surface area contributed by atoms with Crippen LogP contribution in [0.1, 0.15) is 49.3 Å². The minimum atomic E-state index is 0.791. The van der Waals surface area contributed by atoms with Crippen LogP contribution in [0.3, 0.4) is 0 Å². The smallest absolute Gasteiger partial charge is 0.113 e. The number of para-hydroxylation sites is 1. The van der Waals surface area contributed by atoms with Gasteiger partial charge in [0, 0.05) is 12.6 Å². The van der Waals surface area contributed by atoms with Crippen LogP contribution in [-0.2, 0) is 6.54 Å². The number of piperidine rings is 2. The van der Waals surface area contributed by atoms with Gasteiger partial charge in [-0.25, -0.2) is 4.68 Å². The van der Waals surface area contributed by atoms with Crippen LogP contribution in [0.4, 0.5) is 0 Å². The second-order valence-corrected chi connectivity index (χ2v) is 9.78. The van der Waals surface area contributed by atoms with Crippen molar-refractivity contribution < 1.29 is 0 Å². The zero-order chi connectivity index (χ0) is 21.4. The van der Waals surface area contributed by atoms with Crippen LogP contribution in [0.2, 0.25) is 0 Å². The Bertz CT molecular complexity index is 1040. The Morgan fingerprint density at radius 2 is 1.68 bits per heavy atom. The SMILES string of the molecule is Cc1cc(CN2CCC(N3CCC(C)CC3)CC2)c(C)c(-n2nnc3ccccc32)c1. The minimum absolute atomic E-state index is 0.791. The molecule has 3 heterocycles. The fourth-order valence-electron chi connectivity index (χ4n) is 5.42. The van der Waals surface area contributed by atoms with E-state index in [9.17, 15) is 0 Å². The van der Waals surface area contributed by atoms with Gasteiger partial charge in [0.05, 0.1) is 11.2 Å². The molecule has 5 nitrogen and oxygen atoms in total. The number of benzene rings is 2. The third kappa shape index (κ3) is 4.26. The highest BCUT2D eigenvalue weighted by Gasteiger charge is 2.27. The standard InChI is InChI=1S/C26H35N5/c1-19-8-14-30(15-9-19)23-10-12-29(13-11-23)18-22-16-20(2)17-26(21(22)3)31-25-7-5-4-6-24(25)27-28-31/h4-7,16-17,19,23H,8-15,18H2,1-3H3. The lowest BCUT2D eigenvalue weighted by molar-refractivity contribution is 0.0778. The Balaban J connectivity index is 1.30. The van der Waals surface area contributed by atoms with Crippen LogP contribution in [0.15, 0.2) is 36.4 Å². The lowest BCUT2D eigenvalue weighted by Gasteiger charge is -2.41. The number of hydrogen-bond donors (Lipinski definition) is 0. The van der Waals surface area contributed by atoms with E-state index in [1.165, 1.54) is 68.6 Å². The van der Waals surface area contributed by atoms with Crippen LogP contribution in [0, 0.1) is 19.8 Å². The summed E-state index contributed by atoms with van der Waals surface area (Å²) in [7, 11) is 0. The van der Waals surface area contributed by atoms with E-state index in [2.05, 4.69) is 65.1 Å². The molecule has 0 amide bonds. The molecule has 2 saturated heterocycles. The van der Waals surface area contributed by atoms with Gasteiger partial charge in [-0.1, -0.05) is 30.3 Å². The van der Waals surface area contributed by atoms with Crippen LogP contribution in [0.5, 0.6) is 0 Å². The average molecular weight is 418 g/mol. The third-order valence-corrected chi connectivity index (χ3v) is 7.50. The van der Waals surface area contributed by atoms with Crippen LogP contribution < -0.4 is 0 Å². The molecule has 0 aliphatic carbocycles. The van der Waals surface area contributed by atoms with E-state index in [1.807, 2.05) is 16.8 Å². The fourth-order valence-corrected chi connectivity index (χ4v) is 5.42. The van der Waals surface area contributed by atoms with Crippen LogP contribution >= 0.6 is 0 Å². The normalized spacial score (nSPS) is 20.0. The third-order valence-electron chi connectivity index (χ3n) is 7.50.